The van der Waals surface area contributed by atoms with Gasteiger partial charge in [-0.15, -0.1) is 0 Å². The van der Waals surface area contributed by atoms with Crippen LogP contribution in [0.2, 0.25) is 0 Å². The SMILES string of the molecule is CC(C)c1nc(CN(C)C2CCN(Cc3cccc(N)c3)C2)no1. The van der Waals surface area contributed by atoms with E-state index in [0.29, 0.717) is 11.9 Å². The highest BCUT2D eigenvalue weighted by molar-refractivity contribution is 5.40. The van der Waals surface area contributed by atoms with Crippen LogP contribution in [0.4, 0.5) is 5.69 Å². The van der Waals surface area contributed by atoms with E-state index in [0.717, 1.165) is 44.1 Å². The second-order valence-corrected chi connectivity index (χ2v) is 7.04. The summed E-state index contributed by atoms with van der Waals surface area (Å²) in [7, 11) is 2.14. The molecule has 6 nitrogen and oxygen atoms in total. The lowest BCUT2D eigenvalue weighted by molar-refractivity contribution is 0.216. The summed E-state index contributed by atoms with van der Waals surface area (Å²) >= 11 is 0. The number of rotatable bonds is 6. The summed E-state index contributed by atoms with van der Waals surface area (Å²) in [6.07, 6.45) is 1.16. The fourth-order valence-electron chi connectivity index (χ4n) is 3.18. The van der Waals surface area contributed by atoms with Crippen LogP contribution >= 0.6 is 0 Å². The molecule has 2 N–H and O–H groups in total. The molecule has 1 aliphatic rings. The molecule has 0 bridgehead atoms. The van der Waals surface area contributed by atoms with E-state index in [9.17, 15) is 0 Å². The van der Waals surface area contributed by atoms with Crippen LogP contribution in [0.25, 0.3) is 0 Å². The Hall–Kier alpha value is -1.92. The minimum atomic E-state index is 0.275. The lowest BCUT2D eigenvalue weighted by Crippen LogP contribution is -2.34. The van der Waals surface area contributed by atoms with E-state index in [4.69, 9.17) is 10.3 Å². The van der Waals surface area contributed by atoms with E-state index >= 15 is 0 Å². The standard InChI is InChI=1S/C18H27N5O/c1-13(2)18-20-17(21-24-18)12-22(3)16-7-8-23(11-16)10-14-5-4-6-15(19)9-14/h4-6,9,13,16H,7-8,10-12,19H2,1-3H3. The largest absolute Gasteiger partial charge is 0.399 e. The Morgan fingerprint density at radius 2 is 2.25 bits per heavy atom. The molecule has 1 atom stereocenters. The van der Waals surface area contributed by atoms with Crippen LogP contribution in [0.1, 0.15) is 43.5 Å². The number of likely N-dealkylation sites (N-methyl/N-ethyl adjacent to an activating group) is 1. The molecule has 24 heavy (non-hydrogen) atoms. The maximum atomic E-state index is 5.87. The minimum absolute atomic E-state index is 0.275. The van der Waals surface area contributed by atoms with Crippen LogP contribution in [0.15, 0.2) is 28.8 Å². The van der Waals surface area contributed by atoms with E-state index in [1.807, 2.05) is 12.1 Å². The average Bonchev–Trinajstić information content (AvgIpc) is 3.17. The van der Waals surface area contributed by atoms with Crippen molar-refractivity contribution in [2.24, 2.45) is 0 Å². The lowest BCUT2D eigenvalue weighted by atomic mass is 10.2. The van der Waals surface area contributed by atoms with Crippen LogP contribution in [0.3, 0.4) is 0 Å². The molecule has 0 spiro atoms. The smallest absolute Gasteiger partial charge is 0.229 e. The highest BCUT2D eigenvalue weighted by Gasteiger charge is 2.26. The number of hydrogen-bond donors (Lipinski definition) is 1. The monoisotopic (exact) mass is 329 g/mol. The molecule has 6 heteroatoms. The van der Waals surface area contributed by atoms with Gasteiger partial charge in [-0.2, -0.15) is 4.98 Å². The molecule has 1 unspecified atom stereocenters. The molecule has 1 fully saturated rings. The molecule has 3 rings (SSSR count). The third-order valence-electron chi connectivity index (χ3n) is 4.60. The van der Waals surface area contributed by atoms with Crippen LogP contribution in [-0.4, -0.2) is 46.1 Å². The summed E-state index contributed by atoms with van der Waals surface area (Å²) in [6, 6.07) is 8.67. The number of aromatic nitrogens is 2. The van der Waals surface area contributed by atoms with Gasteiger partial charge in [-0.3, -0.25) is 9.80 Å². The third-order valence-corrected chi connectivity index (χ3v) is 4.60. The fourth-order valence-corrected chi connectivity index (χ4v) is 3.18. The van der Waals surface area contributed by atoms with E-state index < -0.39 is 0 Å². The van der Waals surface area contributed by atoms with Crippen LogP contribution in [0, 0.1) is 0 Å². The number of nitrogen functional groups attached to an aromatic ring is 1. The van der Waals surface area contributed by atoms with Crippen molar-refractivity contribution in [1.29, 1.82) is 0 Å². The van der Waals surface area contributed by atoms with Crippen molar-refractivity contribution in [2.75, 3.05) is 25.9 Å². The summed E-state index contributed by atoms with van der Waals surface area (Å²) in [5, 5.41) is 4.09. The average molecular weight is 329 g/mol. The summed E-state index contributed by atoms with van der Waals surface area (Å²) in [4.78, 5) is 9.28. The number of hydrogen-bond acceptors (Lipinski definition) is 6. The summed E-state index contributed by atoms with van der Waals surface area (Å²) < 4.78 is 5.29. The predicted octanol–water partition coefficient (Wildman–Crippen LogP) is 2.48. The highest BCUT2D eigenvalue weighted by Crippen LogP contribution is 2.20. The van der Waals surface area contributed by atoms with Crippen LogP contribution < -0.4 is 5.73 Å². The molecule has 1 saturated heterocycles. The van der Waals surface area contributed by atoms with Crippen molar-refractivity contribution in [3.63, 3.8) is 0 Å². The molecule has 130 valence electrons. The number of nitrogens with zero attached hydrogens (tertiary/aromatic N) is 4. The first kappa shape index (κ1) is 16.9. The van der Waals surface area contributed by atoms with Crippen molar-refractivity contribution in [3.8, 4) is 0 Å². The van der Waals surface area contributed by atoms with Gasteiger partial charge in [0, 0.05) is 37.3 Å². The molecule has 2 aromatic rings. The molecule has 1 aromatic carbocycles. The van der Waals surface area contributed by atoms with Crippen molar-refractivity contribution in [1.82, 2.24) is 19.9 Å². The predicted molar refractivity (Wildman–Crippen MR) is 94.4 cm³/mol. The van der Waals surface area contributed by atoms with Crippen molar-refractivity contribution in [3.05, 3.63) is 41.5 Å². The van der Waals surface area contributed by atoms with E-state index in [2.05, 4.69) is 53.0 Å². The van der Waals surface area contributed by atoms with E-state index in [-0.39, 0.29) is 5.92 Å². The zero-order valence-corrected chi connectivity index (χ0v) is 14.8. The van der Waals surface area contributed by atoms with Gasteiger partial charge in [-0.25, -0.2) is 0 Å². The summed E-state index contributed by atoms with van der Waals surface area (Å²) in [6.45, 7) is 7.97. The minimum Gasteiger partial charge on any atom is -0.399 e. The number of likely N-dealkylation sites (tertiary alicyclic amines) is 1. The summed E-state index contributed by atoms with van der Waals surface area (Å²) in [5.74, 6) is 1.76. The first-order chi connectivity index (χ1) is 11.5. The zero-order chi connectivity index (χ0) is 17.1. The number of benzene rings is 1. The molecule has 1 aromatic heterocycles. The van der Waals surface area contributed by atoms with Gasteiger partial charge in [0.2, 0.25) is 5.89 Å². The van der Waals surface area contributed by atoms with Gasteiger partial charge >= 0.3 is 0 Å². The maximum absolute atomic E-state index is 5.87. The van der Waals surface area contributed by atoms with Crippen molar-refractivity contribution < 1.29 is 4.52 Å². The molecule has 1 aliphatic heterocycles. The molecule has 2 heterocycles. The van der Waals surface area contributed by atoms with Gasteiger partial charge in [0.05, 0.1) is 6.54 Å². The van der Waals surface area contributed by atoms with Gasteiger partial charge in [-0.1, -0.05) is 31.1 Å². The van der Waals surface area contributed by atoms with Gasteiger partial charge in [0.25, 0.3) is 0 Å². The Balaban J connectivity index is 1.52. The quantitative estimate of drug-likeness (QED) is 0.821. The molecule has 0 radical (unpaired) electrons. The molecular weight excluding hydrogens is 302 g/mol. The second kappa shape index (κ2) is 7.32. The van der Waals surface area contributed by atoms with E-state index in [1.165, 1.54) is 5.56 Å². The normalized spacial score (nSPS) is 18.8. The molecule has 0 aliphatic carbocycles. The van der Waals surface area contributed by atoms with Gasteiger partial charge in [-0.05, 0) is 31.2 Å². The van der Waals surface area contributed by atoms with Crippen molar-refractivity contribution in [2.45, 2.75) is 45.3 Å². The second-order valence-electron chi connectivity index (χ2n) is 7.04. The fraction of sp³-hybridized carbons (Fsp3) is 0.556. The Kier molecular flexibility index (Phi) is 5.16. The first-order valence-electron chi connectivity index (χ1n) is 8.60. The number of anilines is 1. The van der Waals surface area contributed by atoms with Gasteiger partial charge < -0.3 is 10.3 Å². The first-order valence-corrected chi connectivity index (χ1v) is 8.60. The van der Waals surface area contributed by atoms with E-state index in [1.54, 1.807) is 0 Å². The third kappa shape index (κ3) is 4.13. The molecule has 0 saturated carbocycles. The molecule has 0 amide bonds. The van der Waals surface area contributed by atoms with Crippen molar-refractivity contribution >= 4 is 5.69 Å². The highest BCUT2D eigenvalue weighted by atomic mass is 16.5. The molecular formula is C18H27N5O. The lowest BCUT2D eigenvalue weighted by Gasteiger charge is -2.23. The topological polar surface area (TPSA) is 71.4 Å². The Bertz CT molecular complexity index is 669. The summed E-state index contributed by atoms with van der Waals surface area (Å²) in [5.41, 5.74) is 7.98. The Morgan fingerprint density at radius 1 is 1.42 bits per heavy atom. The Labute approximate surface area is 143 Å². The zero-order valence-electron chi connectivity index (χ0n) is 14.8. The Morgan fingerprint density at radius 3 is 2.96 bits per heavy atom. The maximum Gasteiger partial charge on any atom is 0.229 e. The number of nitrogens with two attached hydrogens (primary N) is 1. The van der Waals surface area contributed by atoms with Gasteiger partial charge in [0.1, 0.15) is 0 Å². The van der Waals surface area contributed by atoms with Crippen LogP contribution in [-0.2, 0) is 13.1 Å². The van der Waals surface area contributed by atoms with Gasteiger partial charge in [0.15, 0.2) is 5.82 Å². The van der Waals surface area contributed by atoms with Crippen LogP contribution in [0.5, 0.6) is 0 Å².